The number of amides is 1. The molecule has 1 saturated heterocycles. The second kappa shape index (κ2) is 6.10. The van der Waals surface area contributed by atoms with Crippen LogP contribution in [0.3, 0.4) is 0 Å². The summed E-state index contributed by atoms with van der Waals surface area (Å²) in [6.45, 7) is 0.349. The number of hydrogen-bond donors (Lipinski definition) is 1. The van der Waals surface area contributed by atoms with Gasteiger partial charge in [0.1, 0.15) is 0 Å². The van der Waals surface area contributed by atoms with Crippen molar-refractivity contribution in [3.05, 3.63) is 48.7 Å². The molecule has 1 amide bonds. The highest BCUT2D eigenvalue weighted by molar-refractivity contribution is 7.89. The molecule has 2 heterocycles. The number of primary sulfonamides is 1. The average Bonchev–Trinajstić information content (AvgIpc) is 2.87. The summed E-state index contributed by atoms with van der Waals surface area (Å²) in [5, 5.41) is 5.06. The quantitative estimate of drug-likeness (QED) is 0.916. The molecule has 1 fully saturated rings. The Kier molecular flexibility index (Phi) is 4.14. The number of nitrogens with two attached hydrogens (primary N) is 1. The van der Waals surface area contributed by atoms with Gasteiger partial charge in [0.2, 0.25) is 15.9 Å². The number of carbonyl (C=O) groups is 1. The fourth-order valence-electron chi connectivity index (χ4n) is 2.80. The van der Waals surface area contributed by atoms with Crippen molar-refractivity contribution in [2.24, 2.45) is 11.1 Å². The molecule has 1 atom stereocenters. The van der Waals surface area contributed by atoms with E-state index in [-0.39, 0.29) is 24.0 Å². The van der Waals surface area contributed by atoms with Gasteiger partial charge in [-0.3, -0.25) is 9.78 Å². The number of aromatic nitrogens is 1. The first kappa shape index (κ1) is 15.6. The molecule has 2 N–H and O–H groups in total. The molecule has 0 saturated carbocycles. The van der Waals surface area contributed by atoms with Crippen molar-refractivity contribution in [2.75, 3.05) is 17.2 Å². The molecule has 0 aliphatic carbocycles. The summed E-state index contributed by atoms with van der Waals surface area (Å²) in [4.78, 5) is 18.0. The maximum Gasteiger partial charge on any atom is 0.227 e. The zero-order chi connectivity index (χ0) is 16.4. The molecule has 1 aromatic heterocycles. The van der Waals surface area contributed by atoms with Crippen molar-refractivity contribution < 1.29 is 13.2 Å². The van der Waals surface area contributed by atoms with Gasteiger partial charge < -0.3 is 4.90 Å². The summed E-state index contributed by atoms with van der Waals surface area (Å²) in [7, 11) is -3.57. The second-order valence-electron chi connectivity index (χ2n) is 5.67. The molecule has 120 valence electrons. The smallest absolute Gasteiger partial charge is 0.227 e. The lowest BCUT2D eigenvalue weighted by Gasteiger charge is -2.16. The molecular formula is C16H17N3O3S. The third kappa shape index (κ3) is 3.75. The first-order valence-electron chi connectivity index (χ1n) is 7.25. The highest BCUT2D eigenvalue weighted by Gasteiger charge is 2.32. The van der Waals surface area contributed by atoms with Crippen molar-refractivity contribution in [2.45, 2.75) is 6.42 Å². The topological polar surface area (TPSA) is 93.4 Å². The van der Waals surface area contributed by atoms with E-state index in [2.05, 4.69) is 4.98 Å². The Morgan fingerprint density at radius 3 is 2.52 bits per heavy atom. The molecule has 7 heteroatoms. The highest BCUT2D eigenvalue weighted by Crippen LogP contribution is 2.26. The minimum absolute atomic E-state index is 0.104. The first-order chi connectivity index (χ1) is 10.9. The third-order valence-electron chi connectivity index (χ3n) is 3.80. The second-order valence-corrected chi connectivity index (χ2v) is 7.33. The van der Waals surface area contributed by atoms with Crippen LogP contribution in [0.25, 0.3) is 11.3 Å². The SMILES string of the molecule is NS(=O)(=O)CC1CC(=O)N(c2ccc(-c3ccccc3)nc2)C1. The van der Waals surface area contributed by atoms with Crippen LogP contribution in [-0.2, 0) is 14.8 Å². The van der Waals surface area contributed by atoms with Gasteiger partial charge in [0.05, 0.1) is 23.3 Å². The van der Waals surface area contributed by atoms with Gasteiger partial charge in [-0.2, -0.15) is 0 Å². The lowest BCUT2D eigenvalue weighted by atomic mass is 10.1. The molecule has 0 radical (unpaired) electrons. The molecule has 3 rings (SSSR count). The number of benzene rings is 1. The van der Waals surface area contributed by atoms with Crippen LogP contribution in [0.15, 0.2) is 48.7 Å². The summed E-state index contributed by atoms with van der Waals surface area (Å²) < 4.78 is 22.3. The van der Waals surface area contributed by atoms with Crippen LogP contribution >= 0.6 is 0 Å². The van der Waals surface area contributed by atoms with Crippen LogP contribution < -0.4 is 10.0 Å². The summed E-state index contributed by atoms with van der Waals surface area (Å²) in [6.07, 6.45) is 1.83. The van der Waals surface area contributed by atoms with Gasteiger partial charge in [0.15, 0.2) is 0 Å². The normalized spacial score (nSPS) is 18.4. The molecule has 1 aliphatic rings. The molecule has 2 aromatic rings. The summed E-state index contributed by atoms with van der Waals surface area (Å²) >= 11 is 0. The number of hydrogen-bond acceptors (Lipinski definition) is 4. The standard InChI is InChI=1S/C16H17N3O3S/c17-23(21,22)11-12-8-16(20)19(10-12)14-6-7-15(18-9-14)13-4-2-1-3-5-13/h1-7,9,12H,8,10-11H2,(H2,17,21,22). The van der Waals surface area contributed by atoms with Crippen LogP contribution in [0.2, 0.25) is 0 Å². The Hall–Kier alpha value is -2.25. The van der Waals surface area contributed by atoms with Crippen molar-refractivity contribution in [1.82, 2.24) is 4.98 Å². The van der Waals surface area contributed by atoms with Gasteiger partial charge in [0.25, 0.3) is 0 Å². The Labute approximate surface area is 135 Å². The van der Waals surface area contributed by atoms with Crippen molar-refractivity contribution >= 4 is 21.6 Å². The summed E-state index contributed by atoms with van der Waals surface area (Å²) in [5.41, 5.74) is 2.49. The van der Waals surface area contributed by atoms with E-state index in [1.54, 1.807) is 11.1 Å². The van der Waals surface area contributed by atoms with Crippen LogP contribution in [0.1, 0.15) is 6.42 Å². The Morgan fingerprint density at radius 1 is 1.17 bits per heavy atom. The van der Waals surface area contributed by atoms with E-state index < -0.39 is 10.0 Å². The maximum absolute atomic E-state index is 12.1. The predicted molar refractivity (Wildman–Crippen MR) is 88.1 cm³/mol. The molecule has 6 nitrogen and oxygen atoms in total. The molecule has 0 spiro atoms. The Balaban J connectivity index is 1.76. The molecule has 1 aromatic carbocycles. The molecule has 1 unspecified atom stereocenters. The fourth-order valence-corrected chi connectivity index (χ4v) is 3.68. The average molecular weight is 331 g/mol. The number of rotatable bonds is 4. The van der Waals surface area contributed by atoms with Crippen LogP contribution in [0.5, 0.6) is 0 Å². The predicted octanol–water partition coefficient (Wildman–Crippen LogP) is 1.39. The van der Waals surface area contributed by atoms with Crippen LogP contribution in [0, 0.1) is 5.92 Å². The lowest BCUT2D eigenvalue weighted by molar-refractivity contribution is -0.117. The van der Waals surface area contributed by atoms with Crippen molar-refractivity contribution in [3.63, 3.8) is 0 Å². The molecule has 1 aliphatic heterocycles. The summed E-state index contributed by atoms with van der Waals surface area (Å²) in [6, 6.07) is 13.4. The van der Waals surface area contributed by atoms with Gasteiger partial charge in [-0.25, -0.2) is 13.6 Å². The first-order valence-corrected chi connectivity index (χ1v) is 8.96. The van der Waals surface area contributed by atoms with Gasteiger partial charge in [-0.1, -0.05) is 30.3 Å². The highest BCUT2D eigenvalue weighted by atomic mass is 32.2. The van der Waals surface area contributed by atoms with E-state index >= 15 is 0 Å². The number of nitrogens with zero attached hydrogens (tertiary/aromatic N) is 2. The molecule has 23 heavy (non-hydrogen) atoms. The van der Waals surface area contributed by atoms with Gasteiger partial charge in [0, 0.05) is 24.4 Å². The largest absolute Gasteiger partial charge is 0.311 e. The number of pyridine rings is 1. The lowest BCUT2D eigenvalue weighted by Crippen LogP contribution is -2.27. The minimum Gasteiger partial charge on any atom is -0.311 e. The van der Waals surface area contributed by atoms with Crippen LogP contribution in [-0.4, -0.2) is 31.6 Å². The van der Waals surface area contributed by atoms with Gasteiger partial charge >= 0.3 is 0 Å². The van der Waals surface area contributed by atoms with Crippen molar-refractivity contribution in [1.29, 1.82) is 0 Å². The van der Waals surface area contributed by atoms with E-state index in [0.29, 0.717) is 12.2 Å². The minimum atomic E-state index is -3.57. The van der Waals surface area contributed by atoms with E-state index in [1.807, 2.05) is 42.5 Å². The monoisotopic (exact) mass is 331 g/mol. The van der Waals surface area contributed by atoms with Crippen molar-refractivity contribution in [3.8, 4) is 11.3 Å². The molecule has 0 bridgehead atoms. The fraction of sp³-hybridized carbons (Fsp3) is 0.250. The van der Waals surface area contributed by atoms with E-state index in [4.69, 9.17) is 5.14 Å². The number of carbonyl (C=O) groups excluding carboxylic acids is 1. The van der Waals surface area contributed by atoms with Gasteiger partial charge in [-0.15, -0.1) is 0 Å². The number of anilines is 1. The number of sulfonamides is 1. The van der Waals surface area contributed by atoms with Crippen LogP contribution in [0.4, 0.5) is 5.69 Å². The summed E-state index contributed by atoms with van der Waals surface area (Å²) in [5.74, 6) is -0.552. The van der Waals surface area contributed by atoms with E-state index in [0.717, 1.165) is 11.3 Å². The van der Waals surface area contributed by atoms with E-state index in [1.165, 1.54) is 0 Å². The Morgan fingerprint density at radius 2 is 1.91 bits per heavy atom. The zero-order valence-corrected chi connectivity index (χ0v) is 13.2. The third-order valence-corrected chi connectivity index (χ3v) is 4.74. The van der Waals surface area contributed by atoms with Gasteiger partial charge in [-0.05, 0) is 12.1 Å². The maximum atomic E-state index is 12.1. The molecular weight excluding hydrogens is 314 g/mol. The zero-order valence-electron chi connectivity index (χ0n) is 12.4. The van der Waals surface area contributed by atoms with E-state index in [9.17, 15) is 13.2 Å². The Bertz CT molecular complexity index is 804.